The van der Waals surface area contributed by atoms with Gasteiger partial charge in [0.25, 0.3) is 5.69 Å². The Bertz CT molecular complexity index is 434. The summed E-state index contributed by atoms with van der Waals surface area (Å²) >= 11 is 11.4. The molecule has 0 aliphatic carbocycles. The summed E-state index contributed by atoms with van der Waals surface area (Å²) in [6, 6.07) is 4.38. The van der Waals surface area contributed by atoms with Crippen molar-refractivity contribution >= 4 is 34.7 Å². The molecule has 0 aliphatic heterocycles. The Balaban J connectivity index is 2.95. The van der Waals surface area contributed by atoms with E-state index < -0.39 is 10.3 Å². The maximum atomic E-state index is 10.9. The van der Waals surface area contributed by atoms with Crippen molar-refractivity contribution < 1.29 is 9.72 Å². The van der Waals surface area contributed by atoms with Gasteiger partial charge in [-0.2, -0.15) is 0 Å². The second kappa shape index (κ2) is 5.27. The summed E-state index contributed by atoms with van der Waals surface area (Å²) in [6.07, 6.45) is 0.259. The van der Waals surface area contributed by atoms with E-state index in [2.05, 4.69) is 0 Å². The van der Waals surface area contributed by atoms with E-state index in [0.717, 1.165) is 0 Å². The van der Waals surface area contributed by atoms with E-state index in [0.29, 0.717) is 5.56 Å². The zero-order chi connectivity index (χ0) is 12.3. The number of carbonyl (C=O) groups excluding carboxylic acids is 1. The van der Waals surface area contributed by atoms with Crippen LogP contribution in [0.2, 0.25) is 5.02 Å². The van der Waals surface area contributed by atoms with E-state index in [4.69, 9.17) is 23.2 Å². The molecule has 86 valence electrons. The highest BCUT2D eigenvalue weighted by Crippen LogP contribution is 2.26. The number of benzene rings is 1. The molecule has 6 heteroatoms. The molecule has 0 N–H and O–H groups in total. The molecule has 0 saturated carbocycles. The minimum absolute atomic E-state index is 0.0719. The summed E-state index contributed by atoms with van der Waals surface area (Å²) in [5, 5.41) is 10.0. The first-order valence-electron chi connectivity index (χ1n) is 4.49. The molecule has 0 bridgehead atoms. The smallest absolute Gasteiger partial charge is 0.288 e. The van der Waals surface area contributed by atoms with Crippen molar-refractivity contribution in [1.29, 1.82) is 0 Å². The Morgan fingerprint density at radius 2 is 2.19 bits per heavy atom. The number of nitrogens with zero attached hydrogens (tertiary/aromatic N) is 1. The SMILES string of the molecule is CC(=O)C(Cl)Cc1ccc(Cl)c([N+](=O)[O-])c1. The van der Waals surface area contributed by atoms with Crippen LogP contribution in [0.25, 0.3) is 0 Å². The van der Waals surface area contributed by atoms with Gasteiger partial charge < -0.3 is 0 Å². The second-order valence-electron chi connectivity index (χ2n) is 3.33. The fourth-order valence-corrected chi connectivity index (χ4v) is 1.54. The highest BCUT2D eigenvalue weighted by atomic mass is 35.5. The minimum Gasteiger partial charge on any atom is -0.298 e. The van der Waals surface area contributed by atoms with Gasteiger partial charge in [-0.15, -0.1) is 11.6 Å². The summed E-state index contributed by atoms with van der Waals surface area (Å²) in [6.45, 7) is 1.38. The van der Waals surface area contributed by atoms with Crippen molar-refractivity contribution in [3.8, 4) is 0 Å². The molecule has 0 amide bonds. The number of rotatable bonds is 4. The number of hydrogen-bond donors (Lipinski definition) is 0. The molecule has 0 radical (unpaired) electrons. The standard InChI is InChI=1S/C10H9Cl2NO3/c1-6(14)9(12)4-7-2-3-8(11)10(5-7)13(15)16/h2-3,5,9H,4H2,1H3. The molecule has 1 unspecified atom stereocenters. The van der Waals surface area contributed by atoms with Gasteiger partial charge in [-0.25, -0.2) is 0 Å². The first-order valence-corrected chi connectivity index (χ1v) is 5.30. The highest BCUT2D eigenvalue weighted by molar-refractivity contribution is 6.32. The molecule has 0 spiro atoms. The monoisotopic (exact) mass is 261 g/mol. The van der Waals surface area contributed by atoms with Crippen molar-refractivity contribution in [2.75, 3.05) is 0 Å². The van der Waals surface area contributed by atoms with Crippen LogP contribution in [-0.2, 0) is 11.2 Å². The zero-order valence-electron chi connectivity index (χ0n) is 8.44. The second-order valence-corrected chi connectivity index (χ2v) is 4.26. The highest BCUT2D eigenvalue weighted by Gasteiger charge is 2.16. The van der Waals surface area contributed by atoms with Crippen molar-refractivity contribution in [2.24, 2.45) is 0 Å². The van der Waals surface area contributed by atoms with E-state index in [-0.39, 0.29) is 22.9 Å². The van der Waals surface area contributed by atoms with Crippen LogP contribution < -0.4 is 0 Å². The summed E-state index contributed by atoms with van der Waals surface area (Å²) in [7, 11) is 0. The molecular formula is C10H9Cl2NO3. The van der Waals surface area contributed by atoms with E-state index in [1.54, 1.807) is 6.07 Å². The Hall–Kier alpha value is -1.13. The van der Waals surface area contributed by atoms with Crippen LogP contribution in [0.15, 0.2) is 18.2 Å². The summed E-state index contributed by atoms with van der Waals surface area (Å²) in [4.78, 5) is 21.0. The van der Waals surface area contributed by atoms with Crippen LogP contribution in [0.3, 0.4) is 0 Å². The van der Waals surface area contributed by atoms with Gasteiger partial charge in [0.1, 0.15) is 10.8 Å². The summed E-state index contributed by atoms with van der Waals surface area (Å²) < 4.78 is 0. The number of nitro groups is 1. The van der Waals surface area contributed by atoms with E-state index in [9.17, 15) is 14.9 Å². The predicted octanol–water partition coefficient (Wildman–Crippen LogP) is 2.99. The van der Waals surface area contributed by atoms with Gasteiger partial charge in [-0.3, -0.25) is 14.9 Å². The number of hydrogen-bond acceptors (Lipinski definition) is 3. The molecule has 0 heterocycles. The van der Waals surface area contributed by atoms with Crippen LogP contribution >= 0.6 is 23.2 Å². The summed E-state index contributed by atoms with van der Waals surface area (Å²) in [5.41, 5.74) is 0.442. The van der Waals surface area contributed by atoms with Crippen LogP contribution in [0.4, 0.5) is 5.69 Å². The Morgan fingerprint density at radius 3 is 2.69 bits per heavy atom. The maximum absolute atomic E-state index is 10.9. The lowest BCUT2D eigenvalue weighted by atomic mass is 10.1. The first kappa shape index (κ1) is 12.9. The molecule has 16 heavy (non-hydrogen) atoms. The molecule has 0 aliphatic rings. The van der Waals surface area contributed by atoms with Crippen molar-refractivity contribution in [3.05, 3.63) is 38.9 Å². The number of alkyl halides is 1. The Morgan fingerprint density at radius 1 is 1.56 bits per heavy atom. The van der Waals surface area contributed by atoms with Crippen LogP contribution in [-0.4, -0.2) is 16.1 Å². The molecule has 0 aromatic heterocycles. The van der Waals surface area contributed by atoms with Crippen molar-refractivity contribution in [2.45, 2.75) is 18.7 Å². The van der Waals surface area contributed by atoms with Gasteiger partial charge in [0, 0.05) is 6.07 Å². The molecule has 1 atom stereocenters. The predicted molar refractivity (Wildman–Crippen MR) is 62.1 cm³/mol. The largest absolute Gasteiger partial charge is 0.298 e. The van der Waals surface area contributed by atoms with Gasteiger partial charge in [-0.05, 0) is 25.0 Å². The van der Waals surface area contributed by atoms with Crippen LogP contribution in [0.5, 0.6) is 0 Å². The zero-order valence-corrected chi connectivity index (χ0v) is 9.96. The third kappa shape index (κ3) is 3.18. The molecule has 0 fully saturated rings. The molecule has 1 rings (SSSR count). The Kier molecular flexibility index (Phi) is 4.26. The fourth-order valence-electron chi connectivity index (χ4n) is 1.18. The average molecular weight is 262 g/mol. The number of carbonyl (C=O) groups is 1. The molecule has 0 saturated heterocycles. The molecule has 4 nitrogen and oxygen atoms in total. The van der Waals surface area contributed by atoms with Crippen LogP contribution in [0, 0.1) is 10.1 Å². The Labute approximate surface area is 102 Å². The van der Waals surface area contributed by atoms with Crippen molar-refractivity contribution in [1.82, 2.24) is 0 Å². The van der Waals surface area contributed by atoms with Gasteiger partial charge >= 0.3 is 0 Å². The average Bonchev–Trinajstić information content (AvgIpc) is 2.20. The number of halogens is 2. The lowest BCUT2D eigenvalue weighted by Gasteiger charge is -2.05. The van der Waals surface area contributed by atoms with Gasteiger partial charge in [0.15, 0.2) is 0 Å². The lowest BCUT2D eigenvalue weighted by Crippen LogP contribution is -2.13. The lowest BCUT2D eigenvalue weighted by molar-refractivity contribution is -0.384. The number of ketones is 1. The fraction of sp³-hybridized carbons (Fsp3) is 0.300. The first-order chi connectivity index (χ1) is 7.41. The third-order valence-electron chi connectivity index (χ3n) is 2.06. The maximum Gasteiger partial charge on any atom is 0.288 e. The molecule has 1 aromatic rings. The van der Waals surface area contributed by atoms with Crippen molar-refractivity contribution in [3.63, 3.8) is 0 Å². The normalized spacial score (nSPS) is 12.2. The van der Waals surface area contributed by atoms with E-state index >= 15 is 0 Å². The van der Waals surface area contributed by atoms with Gasteiger partial charge in [-0.1, -0.05) is 17.7 Å². The quantitative estimate of drug-likeness (QED) is 0.476. The number of Topliss-reactive ketones (excluding diaryl/α,β-unsaturated/α-hetero) is 1. The third-order valence-corrected chi connectivity index (χ3v) is 2.84. The van der Waals surface area contributed by atoms with Gasteiger partial charge in [0.05, 0.1) is 10.3 Å². The summed E-state index contributed by atoms with van der Waals surface area (Å²) in [5.74, 6) is -0.167. The molecule has 1 aromatic carbocycles. The molecular weight excluding hydrogens is 253 g/mol. The van der Waals surface area contributed by atoms with E-state index in [1.807, 2.05) is 0 Å². The number of nitro benzene ring substituents is 1. The topological polar surface area (TPSA) is 60.2 Å². The van der Waals surface area contributed by atoms with Gasteiger partial charge in [0.2, 0.25) is 0 Å². The van der Waals surface area contributed by atoms with E-state index in [1.165, 1.54) is 19.1 Å². The van der Waals surface area contributed by atoms with Crippen LogP contribution in [0.1, 0.15) is 12.5 Å². The minimum atomic E-state index is -0.666.